The predicted molar refractivity (Wildman–Crippen MR) is 94.3 cm³/mol. The molecule has 2 aliphatic rings. The number of carbonyl (C=O) groups excluding carboxylic acids is 1. The summed E-state index contributed by atoms with van der Waals surface area (Å²) >= 11 is 0. The van der Waals surface area contributed by atoms with Gasteiger partial charge in [0.1, 0.15) is 0 Å². The third-order valence-corrected chi connectivity index (χ3v) is 5.12. The van der Waals surface area contributed by atoms with Gasteiger partial charge in [0.25, 0.3) is 5.91 Å². The van der Waals surface area contributed by atoms with Crippen LogP contribution < -0.4 is 0 Å². The number of carbonyl (C=O) groups is 1. The van der Waals surface area contributed by atoms with E-state index in [2.05, 4.69) is 11.0 Å². The number of nitriles is 1. The van der Waals surface area contributed by atoms with Gasteiger partial charge in [-0.25, -0.2) is 0 Å². The maximum atomic E-state index is 12.8. The molecule has 2 atom stereocenters. The van der Waals surface area contributed by atoms with E-state index >= 15 is 0 Å². The van der Waals surface area contributed by atoms with Gasteiger partial charge in [0, 0.05) is 26.2 Å². The van der Waals surface area contributed by atoms with Gasteiger partial charge >= 0.3 is 0 Å². The molecule has 0 N–H and O–H groups in total. The number of hydrogen-bond acceptors (Lipinski definition) is 5. The minimum atomic E-state index is -0.0679. The lowest BCUT2D eigenvalue weighted by Crippen LogP contribution is -2.61. The van der Waals surface area contributed by atoms with Crippen LogP contribution in [0.2, 0.25) is 0 Å². The molecule has 0 saturated carbocycles. The molecule has 3 heterocycles. The molecule has 0 radical (unpaired) electrons. The van der Waals surface area contributed by atoms with Crippen molar-refractivity contribution < 1.29 is 13.9 Å². The van der Waals surface area contributed by atoms with E-state index in [1.165, 1.54) is 6.26 Å². The van der Waals surface area contributed by atoms with Crippen molar-refractivity contribution in [3.05, 3.63) is 59.5 Å². The number of ether oxygens (including phenoxy) is 1. The van der Waals surface area contributed by atoms with Crippen LogP contribution in [0.3, 0.4) is 0 Å². The second kappa shape index (κ2) is 7.32. The Labute approximate surface area is 152 Å². The van der Waals surface area contributed by atoms with E-state index < -0.39 is 0 Å². The molecule has 2 saturated heterocycles. The maximum Gasteiger partial charge on any atom is 0.290 e. The minimum absolute atomic E-state index is 0.0225. The average molecular weight is 351 g/mol. The Morgan fingerprint density at radius 1 is 1.27 bits per heavy atom. The second-order valence-electron chi connectivity index (χ2n) is 6.79. The van der Waals surface area contributed by atoms with E-state index in [0.717, 1.165) is 31.6 Å². The Morgan fingerprint density at radius 2 is 2.19 bits per heavy atom. The van der Waals surface area contributed by atoms with Crippen LogP contribution in [0.5, 0.6) is 0 Å². The van der Waals surface area contributed by atoms with Crippen LogP contribution >= 0.6 is 0 Å². The van der Waals surface area contributed by atoms with Crippen LogP contribution in [0.15, 0.2) is 47.1 Å². The number of benzene rings is 1. The predicted octanol–water partition coefficient (Wildman–Crippen LogP) is 2.27. The summed E-state index contributed by atoms with van der Waals surface area (Å²) in [6.45, 7) is 3.59. The summed E-state index contributed by atoms with van der Waals surface area (Å²) in [5, 5.41) is 9.08. The first-order valence-electron chi connectivity index (χ1n) is 8.92. The number of morpholine rings is 1. The standard InChI is InChI=1S/C20H21N3O3/c21-12-15-3-1-4-16(11-15)13-22-7-6-18-17(14-22)23(8-10-26-18)20(24)19-5-2-9-25-19/h1-5,9,11,17-18H,6-8,10,13-14H2/t17-,18-/m0/s1. The first-order chi connectivity index (χ1) is 12.7. The van der Waals surface area contributed by atoms with Crippen molar-refractivity contribution in [2.45, 2.75) is 25.1 Å². The third-order valence-electron chi connectivity index (χ3n) is 5.12. The Bertz CT molecular complexity index is 812. The topological polar surface area (TPSA) is 69.7 Å². The van der Waals surface area contributed by atoms with Crippen LogP contribution in [0, 0.1) is 11.3 Å². The summed E-state index contributed by atoms with van der Waals surface area (Å²) < 4.78 is 11.2. The van der Waals surface area contributed by atoms with Crippen molar-refractivity contribution in [2.75, 3.05) is 26.2 Å². The van der Waals surface area contributed by atoms with Gasteiger partial charge in [-0.1, -0.05) is 12.1 Å². The molecule has 26 heavy (non-hydrogen) atoms. The van der Waals surface area contributed by atoms with Crippen LogP contribution in [0.4, 0.5) is 0 Å². The summed E-state index contributed by atoms with van der Waals surface area (Å²) in [6.07, 6.45) is 2.50. The fraction of sp³-hybridized carbons (Fsp3) is 0.400. The van der Waals surface area contributed by atoms with Gasteiger partial charge in [0.15, 0.2) is 5.76 Å². The van der Waals surface area contributed by atoms with Gasteiger partial charge in [0.2, 0.25) is 0 Å². The highest BCUT2D eigenvalue weighted by molar-refractivity contribution is 5.91. The minimum Gasteiger partial charge on any atom is -0.459 e. The molecule has 0 bridgehead atoms. The quantitative estimate of drug-likeness (QED) is 0.848. The van der Waals surface area contributed by atoms with E-state index in [4.69, 9.17) is 14.4 Å². The molecule has 2 aromatic rings. The maximum absolute atomic E-state index is 12.8. The third kappa shape index (κ3) is 3.36. The van der Waals surface area contributed by atoms with Gasteiger partial charge in [-0.05, 0) is 36.2 Å². The van der Waals surface area contributed by atoms with Crippen molar-refractivity contribution in [3.8, 4) is 6.07 Å². The fourth-order valence-corrected chi connectivity index (χ4v) is 3.87. The molecule has 1 aromatic carbocycles. The summed E-state index contributed by atoms with van der Waals surface area (Å²) in [7, 11) is 0. The first kappa shape index (κ1) is 16.8. The lowest BCUT2D eigenvalue weighted by molar-refractivity contribution is -0.0919. The van der Waals surface area contributed by atoms with E-state index in [-0.39, 0.29) is 18.1 Å². The highest BCUT2D eigenvalue weighted by atomic mass is 16.5. The monoisotopic (exact) mass is 351 g/mol. The summed E-state index contributed by atoms with van der Waals surface area (Å²) in [4.78, 5) is 17.0. The Morgan fingerprint density at radius 3 is 3.00 bits per heavy atom. The molecular weight excluding hydrogens is 330 g/mol. The number of piperidine rings is 1. The molecular formula is C20H21N3O3. The molecule has 1 aromatic heterocycles. The number of fused-ring (bicyclic) bond motifs is 1. The lowest BCUT2D eigenvalue weighted by Gasteiger charge is -2.46. The van der Waals surface area contributed by atoms with Gasteiger partial charge in [-0.15, -0.1) is 0 Å². The molecule has 6 heteroatoms. The number of likely N-dealkylation sites (tertiary alicyclic amines) is 1. The molecule has 4 rings (SSSR count). The number of nitrogens with zero attached hydrogens (tertiary/aromatic N) is 3. The van der Waals surface area contributed by atoms with Crippen molar-refractivity contribution in [2.24, 2.45) is 0 Å². The molecule has 2 fully saturated rings. The zero-order chi connectivity index (χ0) is 17.9. The zero-order valence-corrected chi connectivity index (χ0v) is 14.5. The zero-order valence-electron chi connectivity index (χ0n) is 14.5. The normalized spacial score (nSPS) is 23.3. The van der Waals surface area contributed by atoms with E-state index in [1.807, 2.05) is 29.2 Å². The molecule has 2 aliphatic heterocycles. The lowest BCUT2D eigenvalue weighted by atomic mass is 9.97. The van der Waals surface area contributed by atoms with Crippen molar-refractivity contribution >= 4 is 5.91 Å². The molecule has 6 nitrogen and oxygen atoms in total. The number of hydrogen-bond donors (Lipinski definition) is 0. The summed E-state index contributed by atoms with van der Waals surface area (Å²) in [6, 6.07) is 13.3. The highest BCUT2D eigenvalue weighted by Gasteiger charge is 2.40. The first-order valence-corrected chi connectivity index (χ1v) is 8.92. The Kier molecular flexibility index (Phi) is 4.74. The smallest absolute Gasteiger partial charge is 0.290 e. The van der Waals surface area contributed by atoms with Crippen LogP contribution in [0.1, 0.15) is 28.1 Å². The number of amides is 1. The summed E-state index contributed by atoms with van der Waals surface area (Å²) in [5.41, 5.74) is 1.79. The van der Waals surface area contributed by atoms with Gasteiger partial charge < -0.3 is 14.1 Å². The van der Waals surface area contributed by atoms with Crippen LogP contribution in [-0.4, -0.2) is 54.1 Å². The van der Waals surface area contributed by atoms with E-state index in [9.17, 15) is 4.79 Å². The SMILES string of the molecule is N#Cc1cccc(CN2CC[C@@H]3OCCN(C(=O)c4ccco4)[C@H]3C2)c1. The molecule has 0 aliphatic carbocycles. The Balaban J connectivity index is 1.48. The van der Waals surface area contributed by atoms with E-state index in [1.54, 1.807) is 12.1 Å². The largest absolute Gasteiger partial charge is 0.459 e. The van der Waals surface area contributed by atoms with Gasteiger partial charge in [-0.3, -0.25) is 9.69 Å². The molecule has 0 unspecified atom stereocenters. The van der Waals surface area contributed by atoms with Crippen LogP contribution in [-0.2, 0) is 11.3 Å². The second-order valence-corrected chi connectivity index (χ2v) is 6.79. The van der Waals surface area contributed by atoms with Crippen molar-refractivity contribution in [3.63, 3.8) is 0 Å². The number of furan rings is 1. The van der Waals surface area contributed by atoms with Crippen molar-refractivity contribution in [1.29, 1.82) is 5.26 Å². The average Bonchev–Trinajstić information content (AvgIpc) is 3.22. The Hall–Kier alpha value is -2.62. The molecule has 1 amide bonds. The van der Waals surface area contributed by atoms with Gasteiger partial charge in [0.05, 0.1) is 36.6 Å². The highest BCUT2D eigenvalue weighted by Crippen LogP contribution is 2.26. The van der Waals surface area contributed by atoms with Crippen molar-refractivity contribution in [1.82, 2.24) is 9.80 Å². The summed E-state index contributed by atoms with van der Waals surface area (Å²) in [5.74, 6) is 0.311. The molecule has 134 valence electrons. The van der Waals surface area contributed by atoms with Gasteiger partial charge in [-0.2, -0.15) is 5.26 Å². The van der Waals surface area contributed by atoms with E-state index in [0.29, 0.717) is 24.5 Å². The molecule has 0 spiro atoms. The van der Waals surface area contributed by atoms with Crippen LogP contribution in [0.25, 0.3) is 0 Å². The fourth-order valence-electron chi connectivity index (χ4n) is 3.87. The number of rotatable bonds is 3.